The Labute approximate surface area is 165 Å². The Bertz CT molecular complexity index is 1230. The van der Waals surface area contributed by atoms with Crippen molar-refractivity contribution in [2.45, 2.75) is 38.5 Å². The molecular weight excluding hydrogens is 348 g/mol. The van der Waals surface area contributed by atoms with Gasteiger partial charge < -0.3 is 0 Å². The second-order valence-corrected chi connectivity index (χ2v) is 9.28. The molecule has 0 saturated heterocycles. The van der Waals surface area contributed by atoms with E-state index in [1.54, 1.807) is 0 Å². The molecule has 4 aromatic carbocycles. The molecule has 0 fully saturated rings. The molecule has 0 unspecified atom stereocenters. The molecule has 4 aromatic rings. The lowest BCUT2D eigenvalue weighted by Crippen LogP contribution is -2.43. The number of benzene rings is 4. The van der Waals surface area contributed by atoms with E-state index in [1.807, 2.05) is 6.07 Å². The van der Waals surface area contributed by atoms with E-state index in [4.69, 9.17) is 11.6 Å². The van der Waals surface area contributed by atoms with Gasteiger partial charge in [-0.2, -0.15) is 0 Å². The maximum Gasteiger partial charge on any atom is 0.0412 e. The Hall–Kier alpha value is -2.31. The second kappa shape index (κ2) is 5.36. The third kappa shape index (κ3) is 2.17. The minimum Gasteiger partial charge on any atom is -0.0843 e. The lowest BCUT2D eigenvalue weighted by atomic mass is 9.55. The van der Waals surface area contributed by atoms with Crippen LogP contribution in [0.25, 0.3) is 32.7 Å². The van der Waals surface area contributed by atoms with Crippen LogP contribution < -0.4 is 0 Å². The van der Waals surface area contributed by atoms with Gasteiger partial charge in [-0.05, 0) is 78.9 Å². The summed E-state index contributed by atoms with van der Waals surface area (Å²) >= 11 is 6.33. The summed E-state index contributed by atoms with van der Waals surface area (Å²) in [5.74, 6) is 0. The molecule has 0 aromatic heterocycles. The Morgan fingerprint density at radius 1 is 0.593 bits per heavy atom. The average molecular weight is 371 g/mol. The molecular formula is C26H23Cl. The molecule has 0 radical (unpaired) electrons. The molecule has 27 heavy (non-hydrogen) atoms. The molecule has 0 saturated carbocycles. The first-order chi connectivity index (χ1) is 12.8. The van der Waals surface area contributed by atoms with Crippen LogP contribution in [-0.2, 0) is 10.8 Å². The maximum atomic E-state index is 6.33. The zero-order valence-electron chi connectivity index (χ0n) is 16.2. The van der Waals surface area contributed by atoms with E-state index >= 15 is 0 Å². The number of halogens is 1. The average Bonchev–Trinajstić information content (AvgIpc) is 2.65. The number of rotatable bonds is 0. The molecule has 0 atom stereocenters. The maximum absolute atomic E-state index is 6.33. The van der Waals surface area contributed by atoms with Gasteiger partial charge in [-0.15, -0.1) is 0 Å². The lowest BCUT2D eigenvalue weighted by Gasteiger charge is -2.48. The Morgan fingerprint density at radius 3 is 2.04 bits per heavy atom. The fourth-order valence-corrected chi connectivity index (χ4v) is 4.92. The van der Waals surface area contributed by atoms with Gasteiger partial charge in [0, 0.05) is 5.02 Å². The molecule has 0 N–H and O–H groups in total. The van der Waals surface area contributed by atoms with Crippen molar-refractivity contribution in [1.29, 1.82) is 0 Å². The van der Waals surface area contributed by atoms with Crippen LogP contribution in [0.2, 0.25) is 5.02 Å². The molecule has 0 heterocycles. The SMILES string of the molecule is CC1(C)c2ccccc2-c2cc3ccc4ccc(Cl)cc4c3cc2C1(C)C. The highest BCUT2D eigenvalue weighted by atomic mass is 35.5. The van der Waals surface area contributed by atoms with Crippen LogP contribution in [0.5, 0.6) is 0 Å². The minimum absolute atomic E-state index is 0.0195. The minimum atomic E-state index is 0.0195. The van der Waals surface area contributed by atoms with E-state index in [-0.39, 0.29) is 10.8 Å². The first-order valence-electron chi connectivity index (χ1n) is 9.57. The van der Waals surface area contributed by atoms with Crippen LogP contribution in [0.3, 0.4) is 0 Å². The smallest absolute Gasteiger partial charge is 0.0412 e. The first-order valence-corrected chi connectivity index (χ1v) is 9.95. The molecule has 1 aliphatic carbocycles. The predicted octanol–water partition coefficient (Wildman–Crippen LogP) is 7.88. The summed E-state index contributed by atoms with van der Waals surface area (Å²) in [7, 11) is 0. The second-order valence-electron chi connectivity index (χ2n) is 8.85. The first kappa shape index (κ1) is 16.8. The Balaban J connectivity index is 1.95. The van der Waals surface area contributed by atoms with Gasteiger partial charge in [-0.3, -0.25) is 0 Å². The fraction of sp³-hybridized carbons (Fsp3) is 0.231. The molecule has 5 rings (SSSR count). The zero-order chi connectivity index (χ0) is 19.0. The Kier molecular flexibility index (Phi) is 3.34. The highest BCUT2D eigenvalue weighted by molar-refractivity contribution is 6.31. The summed E-state index contributed by atoms with van der Waals surface area (Å²) in [5, 5.41) is 5.82. The molecule has 0 spiro atoms. The van der Waals surface area contributed by atoms with Crippen LogP contribution in [0, 0.1) is 0 Å². The highest BCUT2D eigenvalue weighted by Crippen LogP contribution is 2.54. The third-order valence-electron chi connectivity index (χ3n) is 7.06. The molecule has 0 bridgehead atoms. The molecule has 0 amide bonds. The number of hydrogen-bond donors (Lipinski definition) is 0. The Morgan fingerprint density at radius 2 is 1.22 bits per heavy atom. The standard InChI is InChI=1S/C26H23Cl/c1-25(2)23-8-6-5-7-19(23)22-13-17-10-9-16-11-12-18(27)14-20(16)21(17)15-24(22)26(25,3)4/h5-15H,1-4H3. The monoisotopic (exact) mass is 370 g/mol. The highest BCUT2D eigenvalue weighted by Gasteiger charge is 2.45. The van der Waals surface area contributed by atoms with Gasteiger partial charge >= 0.3 is 0 Å². The van der Waals surface area contributed by atoms with Crippen molar-refractivity contribution >= 4 is 33.1 Å². The van der Waals surface area contributed by atoms with E-state index in [2.05, 4.69) is 88.4 Å². The van der Waals surface area contributed by atoms with Crippen molar-refractivity contribution in [3.63, 3.8) is 0 Å². The van der Waals surface area contributed by atoms with E-state index in [1.165, 1.54) is 43.8 Å². The van der Waals surface area contributed by atoms with Crippen molar-refractivity contribution in [1.82, 2.24) is 0 Å². The van der Waals surface area contributed by atoms with E-state index in [9.17, 15) is 0 Å². The number of hydrogen-bond acceptors (Lipinski definition) is 0. The molecule has 134 valence electrons. The van der Waals surface area contributed by atoms with Crippen molar-refractivity contribution in [3.05, 3.63) is 82.9 Å². The van der Waals surface area contributed by atoms with Crippen molar-refractivity contribution in [2.24, 2.45) is 0 Å². The van der Waals surface area contributed by atoms with Gasteiger partial charge in [-0.1, -0.05) is 81.8 Å². The van der Waals surface area contributed by atoms with Crippen molar-refractivity contribution in [2.75, 3.05) is 0 Å². The summed E-state index contributed by atoms with van der Waals surface area (Å²) in [5.41, 5.74) is 5.66. The van der Waals surface area contributed by atoms with Crippen LogP contribution in [0.4, 0.5) is 0 Å². The third-order valence-corrected chi connectivity index (χ3v) is 7.30. The van der Waals surface area contributed by atoms with Gasteiger partial charge in [0.05, 0.1) is 0 Å². The summed E-state index contributed by atoms with van der Waals surface area (Å²) in [6, 6.07) is 24.3. The quantitative estimate of drug-likeness (QED) is 0.276. The van der Waals surface area contributed by atoms with E-state index in [0.29, 0.717) is 0 Å². The summed E-state index contributed by atoms with van der Waals surface area (Å²) in [4.78, 5) is 0. The molecule has 0 nitrogen and oxygen atoms in total. The van der Waals surface area contributed by atoms with Crippen LogP contribution >= 0.6 is 11.6 Å². The van der Waals surface area contributed by atoms with Gasteiger partial charge in [0.2, 0.25) is 0 Å². The van der Waals surface area contributed by atoms with Gasteiger partial charge in [0.25, 0.3) is 0 Å². The van der Waals surface area contributed by atoms with Crippen LogP contribution in [0.15, 0.2) is 66.7 Å². The molecule has 0 aliphatic heterocycles. The largest absolute Gasteiger partial charge is 0.0843 e. The van der Waals surface area contributed by atoms with Gasteiger partial charge in [0.1, 0.15) is 0 Å². The van der Waals surface area contributed by atoms with Crippen LogP contribution in [-0.4, -0.2) is 0 Å². The number of fused-ring (bicyclic) bond motifs is 6. The van der Waals surface area contributed by atoms with E-state index in [0.717, 1.165) is 5.02 Å². The summed E-state index contributed by atoms with van der Waals surface area (Å²) in [6.07, 6.45) is 0. The predicted molar refractivity (Wildman–Crippen MR) is 118 cm³/mol. The van der Waals surface area contributed by atoms with Crippen LogP contribution in [0.1, 0.15) is 38.8 Å². The van der Waals surface area contributed by atoms with E-state index < -0.39 is 0 Å². The molecule has 1 aliphatic rings. The normalized spacial score (nSPS) is 16.9. The summed E-state index contributed by atoms with van der Waals surface area (Å²) in [6.45, 7) is 9.51. The van der Waals surface area contributed by atoms with Crippen molar-refractivity contribution in [3.8, 4) is 11.1 Å². The van der Waals surface area contributed by atoms with Crippen molar-refractivity contribution < 1.29 is 0 Å². The van der Waals surface area contributed by atoms with Gasteiger partial charge in [0.15, 0.2) is 0 Å². The summed E-state index contributed by atoms with van der Waals surface area (Å²) < 4.78 is 0. The fourth-order valence-electron chi connectivity index (χ4n) is 4.75. The topological polar surface area (TPSA) is 0 Å². The molecule has 1 heteroatoms. The lowest BCUT2D eigenvalue weighted by molar-refractivity contribution is 0.299. The van der Waals surface area contributed by atoms with Gasteiger partial charge in [-0.25, -0.2) is 0 Å². The zero-order valence-corrected chi connectivity index (χ0v) is 17.0.